The van der Waals surface area contributed by atoms with Gasteiger partial charge in [-0.25, -0.2) is 21.9 Å². The summed E-state index contributed by atoms with van der Waals surface area (Å²) in [7, 11) is -3.76. The maximum atomic E-state index is 12.1. The molecule has 1 rings (SSSR count). The van der Waals surface area contributed by atoms with Crippen LogP contribution in [-0.4, -0.2) is 34.6 Å². The number of nitrogens with two attached hydrogens (primary N) is 1. The topological polar surface area (TPSA) is 81.4 Å². The van der Waals surface area contributed by atoms with Crippen LogP contribution < -0.4 is 10.5 Å². The first-order valence-electron chi connectivity index (χ1n) is 5.65. The Labute approximate surface area is 124 Å². The smallest absolute Gasteiger partial charge is 0.261 e. The van der Waals surface area contributed by atoms with Crippen molar-refractivity contribution in [2.75, 3.05) is 25.5 Å². The lowest BCUT2D eigenvalue weighted by Gasteiger charge is -2.12. The Kier molecular flexibility index (Phi) is 6.31. The lowest BCUT2D eigenvalue weighted by Crippen LogP contribution is -2.28. The first-order valence-corrected chi connectivity index (χ1v) is 7.93. The summed E-state index contributed by atoms with van der Waals surface area (Å²) in [5.74, 6) is 0. The van der Waals surface area contributed by atoms with Crippen molar-refractivity contribution < 1.29 is 21.9 Å². The predicted molar refractivity (Wildman–Crippen MR) is 75.3 cm³/mol. The zero-order valence-corrected chi connectivity index (χ0v) is 13.1. The van der Waals surface area contributed by atoms with Crippen LogP contribution in [0.3, 0.4) is 0 Å². The number of alkyl halides is 2. The number of benzene rings is 1. The van der Waals surface area contributed by atoms with E-state index < -0.39 is 23.1 Å². The predicted octanol–water partition coefficient (Wildman–Crippen LogP) is 1.90. The molecule has 0 amide bonds. The zero-order valence-electron chi connectivity index (χ0n) is 10.7. The molecule has 0 atom stereocenters. The number of rotatable bonds is 7. The van der Waals surface area contributed by atoms with Crippen molar-refractivity contribution in [1.29, 1.82) is 0 Å². The number of nitrogens with one attached hydrogen (secondary N) is 1. The Morgan fingerprint density at radius 1 is 1.45 bits per heavy atom. The van der Waals surface area contributed by atoms with Gasteiger partial charge < -0.3 is 10.5 Å². The maximum Gasteiger partial charge on any atom is 0.261 e. The van der Waals surface area contributed by atoms with E-state index in [2.05, 4.69) is 25.4 Å². The second-order valence-corrected chi connectivity index (χ2v) is 6.63. The highest BCUT2D eigenvalue weighted by molar-refractivity contribution is 9.10. The molecule has 3 N–H and O–H groups in total. The van der Waals surface area contributed by atoms with Gasteiger partial charge in [-0.2, -0.15) is 0 Å². The molecule has 0 aromatic heterocycles. The monoisotopic (exact) mass is 372 g/mol. The zero-order chi connectivity index (χ0) is 15.3. The SMILES string of the molecule is Cc1c(N)cc(Br)cc1S(=O)(=O)NCCOCC(F)F. The van der Waals surface area contributed by atoms with Gasteiger partial charge in [0.25, 0.3) is 6.43 Å². The summed E-state index contributed by atoms with van der Waals surface area (Å²) in [5.41, 5.74) is 6.46. The Hall–Kier alpha value is -0.770. The van der Waals surface area contributed by atoms with Crippen LogP contribution in [0.25, 0.3) is 0 Å². The molecule has 5 nitrogen and oxygen atoms in total. The quantitative estimate of drug-likeness (QED) is 0.565. The van der Waals surface area contributed by atoms with Crippen molar-refractivity contribution in [2.24, 2.45) is 0 Å². The van der Waals surface area contributed by atoms with Crippen LogP contribution in [0.1, 0.15) is 5.56 Å². The van der Waals surface area contributed by atoms with E-state index in [1.165, 1.54) is 6.07 Å². The van der Waals surface area contributed by atoms with E-state index in [0.717, 1.165) is 0 Å². The van der Waals surface area contributed by atoms with Crippen molar-refractivity contribution >= 4 is 31.6 Å². The minimum Gasteiger partial charge on any atom is -0.398 e. The van der Waals surface area contributed by atoms with Gasteiger partial charge in [-0.3, -0.25) is 0 Å². The highest BCUT2D eigenvalue weighted by Crippen LogP contribution is 2.25. The molecular formula is C11H15BrF2N2O3S. The number of hydrogen-bond donors (Lipinski definition) is 2. The molecule has 0 saturated carbocycles. The molecule has 20 heavy (non-hydrogen) atoms. The fourth-order valence-electron chi connectivity index (χ4n) is 1.45. The summed E-state index contributed by atoms with van der Waals surface area (Å²) in [6, 6.07) is 3.02. The molecule has 0 heterocycles. The van der Waals surface area contributed by atoms with Crippen LogP contribution >= 0.6 is 15.9 Å². The van der Waals surface area contributed by atoms with Crippen molar-refractivity contribution in [3.63, 3.8) is 0 Å². The third-order valence-corrected chi connectivity index (χ3v) is 4.48. The largest absolute Gasteiger partial charge is 0.398 e. The lowest BCUT2D eigenvalue weighted by atomic mass is 10.2. The Morgan fingerprint density at radius 3 is 2.70 bits per heavy atom. The van der Waals surface area contributed by atoms with Crippen molar-refractivity contribution in [3.8, 4) is 0 Å². The molecule has 9 heteroatoms. The van der Waals surface area contributed by atoms with E-state index in [4.69, 9.17) is 5.73 Å². The van der Waals surface area contributed by atoms with E-state index in [1.807, 2.05) is 0 Å². The number of halogens is 3. The summed E-state index contributed by atoms with van der Waals surface area (Å²) in [6.07, 6.45) is -2.57. The Morgan fingerprint density at radius 2 is 2.10 bits per heavy atom. The molecule has 114 valence electrons. The van der Waals surface area contributed by atoms with Crippen LogP contribution in [0, 0.1) is 6.92 Å². The minimum absolute atomic E-state index is 0.0400. The number of anilines is 1. The molecule has 0 radical (unpaired) electrons. The van der Waals surface area contributed by atoms with Gasteiger partial charge in [0.05, 0.1) is 11.5 Å². The number of hydrogen-bond acceptors (Lipinski definition) is 4. The summed E-state index contributed by atoms with van der Waals surface area (Å²) >= 11 is 3.17. The van der Waals surface area contributed by atoms with Gasteiger partial charge in [0, 0.05) is 16.7 Å². The van der Waals surface area contributed by atoms with E-state index in [9.17, 15) is 17.2 Å². The minimum atomic E-state index is -3.76. The molecule has 0 saturated heterocycles. The van der Waals surface area contributed by atoms with Gasteiger partial charge in [0.15, 0.2) is 0 Å². The van der Waals surface area contributed by atoms with Gasteiger partial charge in [-0.1, -0.05) is 15.9 Å². The fraction of sp³-hybridized carbons (Fsp3) is 0.455. The molecule has 0 fully saturated rings. The van der Waals surface area contributed by atoms with E-state index in [-0.39, 0.29) is 18.0 Å². The Balaban J connectivity index is 2.70. The lowest BCUT2D eigenvalue weighted by molar-refractivity contribution is 0.0199. The van der Waals surface area contributed by atoms with Crippen molar-refractivity contribution in [2.45, 2.75) is 18.2 Å². The van der Waals surface area contributed by atoms with Crippen LogP contribution in [0.15, 0.2) is 21.5 Å². The molecule has 0 aliphatic carbocycles. The number of sulfonamides is 1. The summed E-state index contributed by atoms with van der Waals surface area (Å²) in [4.78, 5) is 0.0400. The van der Waals surface area contributed by atoms with Crippen LogP contribution in [-0.2, 0) is 14.8 Å². The highest BCUT2D eigenvalue weighted by atomic mass is 79.9. The third-order valence-electron chi connectivity index (χ3n) is 2.44. The van der Waals surface area contributed by atoms with Crippen molar-refractivity contribution in [3.05, 3.63) is 22.2 Å². The van der Waals surface area contributed by atoms with Crippen LogP contribution in [0.2, 0.25) is 0 Å². The molecule has 1 aromatic rings. The van der Waals surface area contributed by atoms with E-state index >= 15 is 0 Å². The average molecular weight is 373 g/mol. The van der Waals surface area contributed by atoms with Crippen LogP contribution in [0.4, 0.5) is 14.5 Å². The maximum absolute atomic E-state index is 12.1. The summed E-state index contributed by atoms with van der Waals surface area (Å²) < 4.78 is 55.2. The fourth-order valence-corrected chi connectivity index (χ4v) is 3.39. The summed E-state index contributed by atoms with van der Waals surface area (Å²) in [6.45, 7) is 0.640. The third kappa shape index (κ3) is 4.97. The highest BCUT2D eigenvalue weighted by Gasteiger charge is 2.18. The Bertz CT molecular complexity index is 567. The number of ether oxygens (including phenoxy) is 1. The van der Waals surface area contributed by atoms with Gasteiger partial charge in [-0.05, 0) is 24.6 Å². The number of nitrogen functional groups attached to an aromatic ring is 1. The van der Waals surface area contributed by atoms with Gasteiger partial charge in [0.1, 0.15) is 6.61 Å². The molecular weight excluding hydrogens is 358 g/mol. The van der Waals surface area contributed by atoms with Crippen molar-refractivity contribution in [1.82, 2.24) is 4.72 Å². The molecule has 0 spiro atoms. The molecule has 1 aromatic carbocycles. The molecule has 0 unspecified atom stereocenters. The van der Waals surface area contributed by atoms with Crippen LogP contribution in [0.5, 0.6) is 0 Å². The summed E-state index contributed by atoms with van der Waals surface area (Å²) in [5, 5.41) is 0. The van der Waals surface area contributed by atoms with Gasteiger partial charge >= 0.3 is 0 Å². The normalized spacial score (nSPS) is 12.1. The second kappa shape index (κ2) is 7.30. The average Bonchev–Trinajstić information content (AvgIpc) is 2.32. The van der Waals surface area contributed by atoms with E-state index in [1.54, 1.807) is 13.0 Å². The molecule has 0 aliphatic rings. The first kappa shape index (κ1) is 17.3. The molecule has 0 aliphatic heterocycles. The van der Waals surface area contributed by atoms with Gasteiger partial charge in [0.2, 0.25) is 10.0 Å². The molecule has 0 bridgehead atoms. The second-order valence-electron chi connectivity index (χ2n) is 3.98. The first-order chi connectivity index (χ1) is 9.24. The standard InChI is InChI=1S/C11H15BrF2N2O3S/c1-7-9(15)4-8(12)5-10(7)20(17,18)16-2-3-19-6-11(13)14/h4-5,11,16H,2-3,6,15H2,1H3. The van der Waals surface area contributed by atoms with E-state index in [0.29, 0.717) is 15.7 Å². The van der Waals surface area contributed by atoms with Gasteiger partial charge in [-0.15, -0.1) is 0 Å².